The quantitative estimate of drug-likeness (QED) is 0.407. The number of aromatic nitrogens is 1. The number of nitrogens with zero attached hydrogens (tertiary/aromatic N) is 1. The smallest absolute Gasteiger partial charge is 0.328 e. The first-order valence-corrected chi connectivity index (χ1v) is 11.2. The largest absolute Gasteiger partial charge is 0.348 e. The number of fused-ring (bicyclic) bond motifs is 1. The van der Waals surface area contributed by atoms with Crippen molar-refractivity contribution in [3.8, 4) is 0 Å². The third-order valence-corrected chi connectivity index (χ3v) is 5.61. The summed E-state index contributed by atoms with van der Waals surface area (Å²) in [5.41, 5.74) is 4.95. The summed E-state index contributed by atoms with van der Waals surface area (Å²) in [4.78, 5) is 37.7. The Bertz CT molecular complexity index is 1170. The lowest BCUT2D eigenvalue weighted by atomic mass is 10.2. The third-order valence-electron chi connectivity index (χ3n) is 4.46. The van der Waals surface area contributed by atoms with Gasteiger partial charge in [-0.3, -0.25) is 19.8 Å². The van der Waals surface area contributed by atoms with Gasteiger partial charge in [0.05, 0.1) is 11.2 Å². The van der Waals surface area contributed by atoms with Crippen LogP contribution in [0.15, 0.2) is 51.4 Å². The second-order valence-corrected chi connectivity index (χ2v) is 9.32. The molecule has 3 aromatic rings. The number of anilines is 1. The highest BCUT2D eigenvalue weighted by Gasteiger charge is 2.21. The van der Waals surface area contributed by atoms with Crippen LogP contribution >= 0.6 is 31.9 Å². The molecule has 0 fully saturated rings. The fourth-order valence-electron chi connectivity index (χ4n) is 2.91. The molecule has 162 valence electrons. The fraction of sp³-hybridized carbons (Fsp3) is 0.227. The van der Waals surface area contributed by atoms with E-state index in [1.807, 2.05) is 39.0 Å². The first-order chi connectivity index (χ1) is 14.7. The molecule has 0 radical (unpaired) electrons. The molecule has 7 nitrogen and oxygen atoms in total. The summed E-state index contributed by atoms with van der Waals surface area (Å²) in [7, 11) is 0. The van der Waals surface area contributed by atoms with E-state index in [0.29, 0.717) is 17.7 Å². The topological polar surface area (TPSA) is 92.2 Å². The minimum absolute atomic E-state index is 0.186. The van der Waals surface area contributed by atoms with E-state index in [-0.39, 0.29) is 11.6 Å². The van der Waals surface area contributed by atoms with Crippen molar-refractivity contribution in [3.63, 3.8) is 0 Å². The van der Waals surface area contributed by atoms with Gasteiger partial charge in [-0.2, -0.15) is 0 Å². The van der Waals surface area contributed by atoms with Gasteiger partial charge in [0.25, 0.3) is 5.91 Å². The molecule has 1 aromatic heterocycles. The Balaban J connectivity index is 1.94. The average Bonchev–Trinajstić information content (AvgIpc) is 3.05. The summed E-state index contributed by atoms with van der Waals surface area (Å²) >= 11 is 6.86. The second kappa shape index (κ2) is 9.65. The number of carbonyl (C=O) groups excluding carboxylic acids is 3. The van der Waals surface area contributed by atoms with E-state index in [0.717, 1.165) is 19.9 Å². The van der Waals surface area contributed by atoms with Gasteiger partial charge >= 0.3 is 11.8 Å². The number of halogens is 2. The lowest BCUT2D eigenvalue weighted by Crippen LogP contribution is -2.41. The van der Waals surface area contributed by atoms with Crippen LogP contribution in [0.2, 0.25) is 0 Å². The molecule has 0 aliphatic rings. The van der Waals surface area contributed by atoms with Crippen molar-refractivity contribution in [1.29, 1.82) is 0 Å². The molecule has 0 bridgehead atoms. The van der Waals surface area contributed by atoms with Crippen molar-refractivity contribution in [2.24, 2.45) is 5.92 Å². The number of amides is 3. The van der Waals surface area contributed by atoms with Gasteiger partial charge in [-0.25, -0.2) is 4.68 Å². The highest BCUT2D eigenvalue weighted by atomic mass is 79.9. The molecule has 31 heavy (non-hydrogen) atoms. The summed E-state index contributed by atoms with van der Waals surface area (Å²) in [6.07, 6.45) is 0. The van der Waals surface area contributed by atoms with Gasteiger partial charge in [0.15, 0.2) is 0 Å². The van der Waals surface area contributed by atoms with Gasteiger partial charge in [-0.1, -0.05) is 35.8 Å². The summed E-state index contributed by atoms with van der Waals surface area (Å²) in [6.45, 7) is 6.19. The van der Waals surface area contributed by atoms with Crippen LogP contribution in [0.4, 0.5) is 5.69 Å². The van der Waals surface area contributed by atoms with Crippen LogP contribution in [0.3, 0.4) is 0 Å². The molecular formula is C22H22Br2N4O3. The Morgan fingerprint density at radius 1 is 1.00 bits per heavy atom. The van der Waals surface area contributed by atoms with Crippen molar-refractivity contribution in [2.75, 3.05) is 17.3 Å². The van der Waals surface area contributed by atoms with Crippen molar-refractivity contribution >= 4 is 66.2 Å². The summed E-state index contributed by atoms with van der Waals surface area (Å²) in [5.74, 6) is -1.84. The minimum atomic E-state index is -0.855. The van der Waals surface area contributed by atoms with Gasteiger partial charge in [0.2, 0.25) is 0 Å². The predicted molar refractivity (Wildman–Crippen MR) is 129 cm³/mol. The Morgan fingerprint density at radius 2 is 1.74 bits per heavy atom. The van der Waals surface area contributed by atoms with Crippen molar-refractivity contribution < 1.29 is 14.4 Å². The number of rotatable bonds is 5. The number of nitrogens with one attached hydrogen (secondary N) is 3. The van der Waals surface area contributed by atoms with Gasteiger partial charge in [-0.05, 0) is 70.7 Å². The van der Waals surface area contributed by atoms with Crippen LogP contribution in [0.1, 0.15) is 29.9 Å². The Hall–Kier alpha value is -2.65. The maximum Gasteiger partial charge on any atom is 0.328 e. The third kappa shape index (κ3) is 5.54. The predicted octanol–water partition coefficient (Wildman–Crippen LogP) is 4.57. The maximum absolute atomic E-state index is 13.1. The summed E-state index contributed by atoms with van der Waals surface area (Å²) in [6, 6.07) is 12.6. The van der Waals surface area contributed by atoms with Crippen molar-refractivity contribution in [2.45, 2.75) is 20.8 Å². The minimum Gasteiger partial charge on any atom is -0.348 e. The van der Waals surface area contributed by atoms with E-state index in [9.17, 15) is 14.4 Å². The number of benzene rings is 2. The number of carbonyl (C=O) groups is 3. The zero-order chi connectivity index (χ0) is 22.7. The van der Waals surface area contributed by atoms with Crippen molar-refractivity contribution in [3.05, 3.63) is 62.7 Å². The fourth-order valence-corrected chi connectivity index (χ4v) is 3.88. The van der Waals surface area contributed by atoms with Crippen LogP contribution in [0, 0.1) is 12.8 Å². The highest BCUT2D eigenvalue weighted by molar-refractivity contribution is 9.10. The molecule has 0 unspecified atom stereocenters. The molecule has 9 heteroatoms. The van der Waals surface area contributed by atoms with E-state index in [4.69, 9.17) is 0 Å². The standard InChI is InChI=1S/C22H22Br2N4O3/c1-12(2)11-25-21(30)22(31)27-28-18-7-5-15(23)9-14(18)10-19(28)20(29)26-17-6-4-13(3)8-16(17)24/h4-10,12H,11H2,1-3H3,(H,25,30)(H,26,29)(H,27,31). The Morgan fingerprint density at radius 3 is 2.42 bits per heavy atom. The average molecular weight is 550 g/mol. The summed E-state index contributed by atoms with van der Waals surface area (Å²) in [5, 5.41) is 6.14. The molecule has 0 atom stereocenters. The van der Waals surface area contributed by atoms with Crippen LogP contribution in [0.5, 0.6) is 0 Å². The molecule has 0 saturated carbocycles. The molecule has 3 rings (SSSR count). The normalized spacial score (nSPS) is 10.9. The molecule has 2 aromatic carbocycles. The highest BCUT2D eigenvalue weighted by Crippen LogP contribution is 2.26. The van der Waals surface area contributed by atoms with Gasteiger partial charge in [-0.15, -0.1) is 0 Å². The second-order valence-electron chi connectivity index (χ2n) is 7.55. The van der Waals surface area contributed by atoms with E-state index in [1.165, 1.54) is 4.68 Å². The first kappa shape index (κ1) is 23.0. The number of hydrogen-bond donors (Lipinski definition) is 3. The van der Waals surface area contributed by atoms with Gasteiger partial charge in [0.1, 0.15) is 5.69 Å². The van der Waals surface area contributed by atoms with Crippen LogP contribution < -0.4 is 16.1 Å². The number of aryl methyl sites for hydroxylation is 1. The monoisotopic (exact) mass is 548 g/mol. The molecule has 3 amide bonds. The summed E-state index contributed by atoms with van der Waals surface area (Å²) < 4.78 is 2.89. The lowest BCUT2D eigenvalue weighted by molar-refractivity contribution is -0.136. The van der Waals surface area contributed by atoms with E-state index in [2.05, 4.69) is 47.9 Å². The maximum atomic E-state index is 13.1. The zero-order valence-corrected chi connectivity index (χ0v) is 20.4. The SMILES string of the molecule is Cc1ccc(NC(=O)c2cc3cc(Br)ccc3n2NC(=O)C(=O)NCC(C)C)c(Br)c1. The lowest BCUT2D eigenvalue weighted by Gasteiger charge is -2.14. The van der Waals surface area contributed by atoms with Crippen LogP contribution in [-0.2, 0) is 9.59 Å². The van der Waals surface area contributed by atoms with Crippen LogP contribution in [-0.4, -0.2) is 28.9 Å². The van der Waals surface area contributed by atoms with Crippen molar-refractivity contribution in [1.82, 2.24) is 9.99 Å². The molecule has 3 N–H and O–H groups in total. The van der Waals surface area contributed by atoms with Gasteiger partial charge < -0.3 is 10.6 Å². The molecular weight excluding hydrogens is 528 g/mol. The van der Waals surface area contributed by atoms with E-state index in [1.54, 1.807) is 24.3 Å². The first-order valence-electron chi connectivity index (χ1n) is 9.63. The molecule has 0 saturated heterocycles. The molecule has 0 aliphatic heterocycles. The molecule has 0 aliphatic carbocycles. The van der Waals surface area contributed by atoms with E-state index >= 15 is 0 Å². The Labute approximate surface area is 196 Å². The van der Waals surface area contributed by atoms with Gasteiger partial charge in [0, 0.05) is 20.9 Å². The molecule has 0 spiro atoms. The zero-order valence-electron chi connectivity index (χ0n) is 17.3. The Kier molecular flexibility index (Phi) is 7.17. The van der Waals surface area contributed by atoms with E-state index < -0.39 is 17.7 Å². The number of hydrogen-bond acceptors (Lipinski definition) is 3. The van der Waals surface area contributed by atoms with Crippen LogP contribution in [0.25, 0.3) is 10.9 Å². The molecule has 1 heterocycles.